The van der Waals surface area contributed by atoms with Gasteiger partial charge in [-0.05, 0) is 50.9 Å². The summed E-state index contributed by atoms with van der Waals surface area (Å²) in [5.74, 6) is 4.30. The predicted molar refractivity (Wildman–Crippen MR) is 75.3 cm³/mol. The van der Waals surface area contributed by atoms with Crippen molar-refractivity contribution in [2.75, 3.05) is 12.4 Å². The van der Waals surface area contributed by atoms with Gasteiger partial charge in [-0.25, -0.2) is 9.97 Å². The van der Waals surface area contributed by atoms with Crippen LogP contribution in [0.15, 0.2) is 6.33 Å². The van der Waals surface area contributed by atoms with E-state index in [-0.39, 0.29) is 0 Å². The normalized spacial score (nSPS) is 30.4. The molecule has 3 rings (SSSR count). The minimum absolute atomic E-state index is 0.480. The molecule has 2 fully saturated rings. The monoisotopic (exact) mass is 261 g/mol. The SMILES string of the molecule is COc1ncnc(NC(C)C2CC3CCC2C3)c1C. The highest BCUT2D eigenvalue weighted by atomic mass is 16.5. The molecule has 0 radical (unpaired) electrons. The van der Waals surface area contributed by atoms with Crippen molar-refractivity contribution >= 4 is 5.82 Å². The highest BCUT2D eigenvalue weighted by Crippen LogP contribution is 2.49. The Morgan fingerprint density at radius 1 is 1.32 bits per heavy atom. The number of nitrogens with one attached hydrogen (secondary N) is 1. The molecule has 1 N–H and O–H groups in total. The Kier molecular flexibility index (Phi) is 3.33. The summed E-state index contributed by atoms with van der Waals surface area (Å²) in [4.78, 5) is 8.49. The topological polar surface area (TPSA) is 47.0 Å². The fourth-order valence-corrected chi connectivity index (χ4v) is 4.01. The van der Waals surface area contributed by atoms with Gasteiger partial charge in [-0.3, -0.25) is 0 Å². The summed E-state index contributed by atoms with van der Waals surface area (Å²) in [6.07, 6.45) is 7.28. The van der Waals surface area contributed by atoms with Crippen LogP contribution in [0.25, 0.3) is 0 Å². The molecule has 0 spiro atoms. The van der Waals surface area contributed by atoms with Gasteiger partial charge >= 0.3 is 0 Å². The molecule has 104 valence electrons. The average molecular weight is 261 g/mol. The summed E-state index contributed by atoms with van der Waals surface area (Å²) in [5, 5.41) is 3.58. The molecule has 0 aromatic carbocycles. The van der Waals surface area contributed by atoms with Crippen LogP contribution in [-0.4, -0.2) is 23.1 Å². The Hall–Kier alpha value is -1.32. The molecule has 1 heterocycles. The second-order valence-electron chi connectivity index (χ2n) is 6.13. The summed E-state index contributed by atoms with van der Waals surface area (Å²) in [5.41, 5.74) is 1.00. The molecular formula is C15H23N3O. The molecule has 19 heavy (non-hydrogen) atoms. The minimum Gasteiger partial charge on any atom is -0.481 e. The van der Waals surface area contributed by atoms with Crippen LogP contribution >= 0.6 is 0 Å². The first-order chi connectivity index (χ1) is 9.19. The minimum atomic E-state index is 0.480. The maximum Gasteiger partial charge on any atom is 0.221 e. The summed E-state index contributed by atoms with van der Waals surface area (Å²) in [6.45, 7) is 4.30. The molecule has 2 saturated carbocycles. The van der Waals surface area contributed by atoms with Crippen molar-refractivity contribution in [3.63, 3.8) is 0 Å². The first-order valence-corrected chi connectivity index (χ1v) is 7.31. The number of fused-ring (bicyclic) bond motifs is 2. The van der Waals surface area contributed by atoms with Crippen LogP contribution in [0.4, 0.5) is 5.82 Å². The van der Waals surface area contributed by atoms with Crippen molar-refractivity contribution in [3.8, 4) is 5.88 Å². The quantitative estimate of drug-likeness (QED) is 0.905. The lowest BCUT2D eigenvalue weighted by molar-refractivity contribution is 0.303. The third kappa shape index (κ3) is 2.28. The van der Waals surface area contributed by atoms with E-state index in [2.05, 4.69) is 22.2 Å². The van der Waals surface area contributed by atoms with Crippen molar-refractivity contribution in [2.45, 2.75) is 45.6 Å². The number of anilines is 1. The molecular weight excluding hydrogens is 238 g/mol. The van der Waals surface area contributed by atoms with Crippen molar-refractivity contribution in [2.24, 2.45) is 17.8 Å². The van der Waals surface area contributed by atoms with Gasteiger partial charge in [-0.2, -0.15) is 0 Å². The summed E-state index contributed by atoms with van der Waals surface area (Å²) >= 11 is 0. The first-order valence-electron chi connectivity index (χ1n) is 7.31. The van der Waals surface area contributed by atoms with E-state index < -0.39 is 0 Å². The van der Waals surface area contributed by atoms with Crippen molar-refractivity contribution in [1.29, 1.82) is 0 Å². The lowest BCUT2D eigenvalue weighted by atomic mass is 9.84. The molecule has 4 atom stereocenters. The maximum atomic E-state index is 5.25. The van der Waals surface area contributed by atoms with Gasteiger partial charge in [0.15, 0.2) is 0 Å². The summed E-state index contributed by atoms with van der Waals surface area (Å²) < 4.78 is 5.25. The molecule has 0 amide bonds. The molecule has 1 aromatic rings. The van der Waals surface area contributed by atoms with E-state index in [0.29, 0.717) is 11.9 Å². The van der Waals surface area contributed by atoms with E-state index >= 15 is 0 Å². The maximum absolute atomic E-state index is 5.25. The lowest BCUT2D eigenvalue weighted by Crippen LogP contribution is -2.30. The van der Waals surface area contributed by atoms with Crippen LogP contribution in [0.3, 0.4) is 0 Å². The standard InChI is InChI=1S/C15H23N3O/c1-9-14(16-8-17-15(9)19-3)18-10(2)13-7-11-4-5-12(13)6-11/h8,10-13H,4-7H2,1-3H3,(H,16,17,18). The van der Waals surface area contributed by atoms with Crippen LogP contribution in [-0.2, 0) is 0 Å². The lowest BCUT2D eigenvalue weighted by Gasteiger charge is -2.29. The summed E-state index contributed by atoms with van der Waals surface area (Å²) in [7, 11) is 1.65. The van der Waals surface area contributed by atoms with E-state index in [1.165, 1.54) is 25.7 Å². The number of methoxy groups -OCH3 is 1. The molecule has 4 nitrogen and oxygen atoms in total. The van der Waals surface area contributed by atoms with Gasteiger partial charge in [0, 0.05) is 6.04 Å². The zero-order valence-corrected chi connectivity index (χ0v) is 12.0. The number of rotatable bonds is 4. The molecule has 4 heteroatoms. The molecule has 2 bridgehead atoms. The Bertz CT molecular complexity index is 463. The molecule has 0 aliphatic heterocycles. The van der Waals surface area contributed by atoms with E-state index in [9.17, 15) is 0 Å². The zero-order chi connectivity index (χ0) is 13.4. The predicted octanol–water partition coefficient (Wildman–Crippen LogP) is 3.03. The molecule has 4 unspecified atom stereocenters. The number of hydrogen-bond donors (Lipinski definition) is 1. The average Bonchev–Trinajstić information content (AvgIpc) is 3.03. The van der Waals surface area contributed by atoms with Crippen LogP contribution < -0.4 is 10.1 Å². The highest BCUT2D eigenvalue weighted by Gasteiger charge is 2.41. The third-order valence-electron chi connectivity index (χ3n) is 5.03. The second-order valence-corrected chi connectivity index (χ2v) is 6.13. The number of ether oxygens (including phenoxy) is 1. The van der Waals surface area contributed by atoms with Gasteiger partial charge in [-0.15, -0.1) is 0 Å². The van der Waals surface area contributed by atoms with Gasteiger partial charge in [0.25, 0.3) is 0 Å². The Balaban J connectivity index is 1.71. The van der Waals surface area contributed by atoms with E-state index in [4.69, 9.17) is 4.74 Å². The highest BCUT2D eigenvalue weighted by molar-refractivity contribution is 5.48. The fraction of sp³-hybridized carbons (Fsp3) is 0.733. The smallest absolute Gasteiger partial charge is 0.221 e. The molecule has 2 aliphatic rings. The molecule has 1 aromatic heterocycles. The zero-order valence-electron chi connectivity index (χ0n) is 12.0. The number of nitrogens with zero attached hydrogens (tertiary/aromatic N) is 2. The van der Waals surface area contributed by atoms with Crippen molar-refractivity contribution < 1.29 is 4.74 Å². The molecule has 2 aliphatic carbocycles. The van der Waals surface area contributed by atoms with Crippen LogP contribution in [0.2, 0.25) is 0 Å². The number of hydrogen-bond acceptors (Lipinski definition) is 4. The van der Waals surface area contributed by atoms with Crippen molar-refractivity contribution in [3.05, 3.63) is 11.9 Å². The first kappa shape index (κ1) is 12.7. The van der Waals surface area contributed by atoms with Gasteiger partial charge in [0.2, 0.25) is 5.88 Å². The second kappa shape index (κ2) is 4.99. The summed E-state index contributed by atoms with van der Waals surface area (Å²) in [6, 6.07) is 0.480. The van der Waals surface area contributed by atoms with E-state index in [1.54, 1.807) is 13.4 Å². The van der Waals surface area contributed by atoms with Crippen LogP contribution in [0, 0.1) is 24.7 Å². The molecule has 0 saturated heterocycles. The van der Waals surface area contributed by atoms with Crippen LogP contribution in [0.5, 0.6) is 5.88 Å². The van der Waals surface area contributed by atoms with Crippen LogP contribution in [0.1, 0.15) is 38.2 Å². The van der Waals surface area contributed by atoms with Gasteiger partial charge in [-0.1, -0.05) is 6.42 Å². The van der Waals surface area contributed by atoms with Gasteiger partial charge in [0.05, 0.1) is 12.7 Å². The van der Waals surface area contributed by atoms with Crippen molar-refractivity contribution in [1.82, 2.24) is 9.97 Å². The largest absolute Gasteiger partial charge is 0.481 e. The fourth-order valence-electron chi connectivity index (χ4n) is 4.01. The number of aromatic nitrogens is 2. The van der Waals surface area contributed by atoms with E-state index in [0.717, 1.165) is 29.1 Å². The Labute approximate surface area is 115 Å². The Morgan fingerprint density at radius 2 is 2.16 bits per heavy atom. The Morgan fingerprint density at radius 3 is 2.79 bits per heavy atom. The van der Waals surface area contributed by atoms with Gasteiger partial charge in [0.1, 0.15) is 12.1 Å². The van der Waals surface area contributed by atoms with Gasteiger partial charge < -0.3 is 10.1 Å². The third-order valence-corrected chi connectivity index (χ3v) is 5.03. The van der Waals surface area contributed by atoms with E-state index in [1.807, 2.05) is 6.92 Å².